The first-order valence-electron chi connectivity index (χ1n) is 6.94. The summed E-state index contributed by atoms with van der Waals surface area (Å²) in [5.41, 5.74) is 0.682. The highest BCUT2D eigenvalue weighted by atomic mass is 32.1. The highest BCUT2D eigenvalue weighted by molar-refractivity contribution is 7.09. The molecule has 0 saturated carbocycles. The van der Waals surface area contributed by atoms with Crippen LogP contribution in [0.3, 0.4) is 0 Å². The van der Waals surface area contributed by atoms with Gasteiger partial charge in [0.25, 0.3) is 0 Å². The van der Waals surface area contributed by atoms with E-state index in [2.05, 4.69) is 24.5 Å². The molecule has 112 valence electrons. The summed E-state index contributed by atoms with van der Waals surface area (Å²) in [5, 5.41) is 7.65. The zero-order valence-corrected chi connectivity index (χ0v) is 13.1. The molecule has 2 amide bonds. The van der Waals surface area contributed by atoms with E-state index in [1.807, 2.05) is 41.8 Å². The van der Waals surface area contributed by atoms with E-state index in [4.69, 9.17) is 4.74 Å². The van der Waals surface area contributed by atoms with Crippen molar-refractivity contribution in [2.45, 2.75) is 20.4 Å². The van der Waals surface area contributed by atoms with Crippen molar-refractivity contribution in [1.82, 2.24) is 5.32 Å². The fraction of sp³-hybridized carbons (Fsp3) is 0.312. The number of para-hydroxylation sites is 2. The Morgan fingerprint density at radius 2 is 2.05 bits per heavy atom. The third-order valence-electron chi connectivity index (χ3n) is 2.71. The van der Waals surface area contributed by atoms with Crippen LogP contribution in [-0.4, -0.2) is 12.6 Å². The number of nitrogens with one attached hydrogen (secondary N) is 2. The lowest BCUT2D eigenvalue weighted by Gasteiger charge is -2.14. The van der Waals surface area contributed by atoms with Gasteiger partial charge in [0, 0.05) is 4.88 Å². The number of rotatable bonds is 6. The predicted molar refractivity (Wildman–Crippen MR) is 87.0 cm³/mol. The Kier molecular flexibility index (Phi) is 5.63. The molecule has 0 aliphatic heterocycles. The van der Waals surface area contributed by atoms with Gasteiger partial charge >= 0.3 is 6.03 Å². The average Bonchev–Trinajstić information content (AvgIpc) is 2.97. The minimum absolute atomic E-state index is 0.232. The van der Waals surface area contributed by atoms with Gasteiger partial charge in [0.05, 0.1) is 18.8 Å². The standard InChI is InChI=1S/C16H20N2O2S/c1-12(2)11-20-15-8-4-3-7-14(15)18-16(19)17-10-13-6-5-9-21-13/h3-9,12H,10-11H2,1-2H3,(H2,17,18,19). The molecule has 0 saturated heterocycles. The van der Waals surface area contributed by atoms with Crippen LogP contribution in [0, 0.1) is 5.92 Å². The van der Waals surface area contributed by atoms with Gasteiger partial charge in [0.1, 0.15) is 5.75 Å². The topological polar surface area (TPSA) is 50.4 Å². The van der Waals surface area contributed by atoms with Gasteiger partial charge in [-0.3, -0.25) is 0 Å². The van der Waals surface area contributed by atoms with Crippen LogP contribution in [0.2, 0.25) is 0 Å². The van der Waals surface area contributed by atoms with E-state index in [1.165, 1.54) is 0 Å². The van der Waals surface area contributed by atoms with Crippen LogP contribution in [-0.2, 0) is 6.54 Å². The molecule has 0 atom stereocenters. The lowest BCUT2D eigenvalue weighted by Crippen LogP contribution is -2.28. The van der Waals surface area contributed by atoms with Gasteiger partial charge in [-0.15, -0.1) is 11.3 Å². The number of anilines is 1. The van der Waals surface area contributed by atoms with Crippen molar-refractivity contribution < 1.29 is 9.53 Å². The molecule has 0 fully saturated rings. The Bertz CT molecular complexity index is 567. The molecule has 2 rings (SSSR count). The average molecular weight is 304 g/mol. The molecule has 2 N–H and O–H groups in total. The lowest BCUT2D eigenvalue weighted by atomic mass is 10.2. The number of carbonyl (C=O) groups excluding carboxylic acids is 1. The fourth-order valence-electron chi connectivity index (χ4n) is 1.70. The second kappa shape index (κ2) is 7.69. The molecule has 0 bridgehead atoms. The molecule has 4 nitrogen and oxygen atoms in total. The van der Waals surface area contributed by atoms with Crippen molar-refractivity contribution in [3.05, 3.63) is 46.7 Å². The van der Waals surface area contributed by atoms with E-state index in [0.717, 1.165) is 4.88 Å². The van der Waals surface area contributed by atoms with Crippen molar-refractivity contribution in [3.8, 4) is 5.75 Å². The molecular weight excluding hydrogens is 284 g/mol. The number of hydrogen-bond acceptors (Lipinski definition) is 3. The maximum absolute atomic E-state index is 11.9. The van der Waals surface area contributed by atoms with Crippen LogP contribution in [0.4, 0.5) is 10.5 Å². The molecule has 2 aromatic rings. The summed E-state index contributed by atoms with van der Waals surface area (Å²) in [6.45, 7) is 5.32. The van der Waals surface area contributed by atoms with Crippen molar-refractivity contribution in [2.75, 3.05) is 11.9 Å². The monoisotopic (exact) mass is 304 g/mol. The maximum Gasteiger partial charge on any atom is 0.319 e. The van der Waals surface area contributed by atoms with Crippen molar-refractivity contribution in [1.29, 1.82) is 0 Å². The van der Waals surface area contributed by atoms with Gasteiger partial charge in [-0.25, -0.2) is 4.79 Å². The number of benzene rings is 1. The van der Waals surface area contributed by atoms with E-state index in [-0.39, 0.29) is 6.03 Å². The summed E-state index contributed by atoms with van der Waals surface area (Å²) >= 11 is 1.62. The molecule has 21 heavy (non-hydrogen) atoms. The van der Waals surface area contributed by atoms with Crippen LogP contribution in [0.25, 0.3) is 0 Å². The number of thiophene rings is 1. The second-order valence-corrected chi connectivity index (χ2v) is 6.12. The van der Waals surface area contributed by atoms with Crippen molar-refractivity contribution >= 4 is 23.1 Å². The van der Waals surface area contributed by atoms with Gasteiger partial charge in [-0.05, 0) is 29.5 Å². The zero-order valence-electron chi connectivity index (χ0n) is 12.3. The lowest BCUT2D eigenvalue weighted by molar-refractivity contribution is 0.251. The van der Waals surface area contributed by atoms with Gasteiger partial charge in [-0.1, -0.05) is 32.0 Å². The first-order chi connectivity index (χ1) is 10.1. The van der Waals surface area contributed by atoms with E-state index < -0.39 is 0 Å². The number of hydrogen-bond donors (Lipinski definition) is 2. The molecular formula is C16H20N2O2S. The Labute approximate surface area is 129 Å². The first-order valence-corrected chi connectivity index (χ1v) is 7.82. The number of carbonyl (C=O) groups is 1. The van der Waals surface area contributed by atoms with Crippen LogP contribution >= 0.6 is 11.3 Å². The summed E-state index contributed by atoms with van der Waals surface area (Å²) in [4.78, 5) is 13.0. The van der Waals surface area contributed by atoms with Crippen LogP contribution in [0.5, 0.6) is 5.75 Å². The van der Waals surface area contributed by atoms with Crippen molar-refractivity contribution in [2.24, 2.45) is 5.92 Å². The summed E-state index contributed by atoms with van der Waals surface area (Å²) < 4.78 is 5.71. The maximum atomic E-state index is 11.9. The van der Waals surface area contributed by atoms with Gasteiger partial charge in [0.2, 0.25) is 0 Å². The molecule has 1 aromatic carbocycles. The highest BCUT2D eigenvalue weighted by Gasteiger charge is 2.08. The van der Waals surface area contributed by atoms with Crippen molar-refractivity contribution in [3.63, 3.8) is 0 Å². The summed E-state index contributed by atoms with van der Waals surface area (Å²) in [5.74, 6) is 1.13. The third-order valence-corrected chi connectivity index (χ3v) is 3.59. The largest absolute Gasteiger partial charge is 0.491 e. The Balaban J connectivity index is 1.90. The van der Waals surface area contributed by atoms with E-state index in [1.54, 1.807) is 11.3 Å². The SMILES string of the molecule is CC(C)COc1ccccc1NC(=O)NCc1cccs1. The third kappa shape index (κ3) is 5.11. The van der Waals surface area contributed by atoms with E-state index in [0.29, 0.717) is 30.5 Å². The Morgan fingerprint density at radius 3 is 2.76 bits per heavy atom. The Morgan fingerprint density at radius 1 is 1.24 bits per heavy atom. The number of ether oxygens (including phenoxy) is 1. The highest BCUT2D eigenvalue weighted by Crippen LogP contribution is 2.24. The summed E-state index contributed by atoms with van der Waals surface area (Å²) in [7, 11) is 0. The molecule has 1 aromatic heterocycles. The predicted octanol–water partition coefficient (Wildman–Crippen LogP) is 4.10. The van der Waals surface area contributed by atoms with Crippen LogP contribution in [0.1, 0.15) is 18.7 Å². The normalized spacial score (nSPS) is 10.4. The van der Waals surface area contributed by atoms with E-state index in [9.17, 15) is 4.79 Å². The first kappa shape index (κ1) is 15.4. The fourth-order valence-corrected chi connectivity index (χ4v) is 2.34. The van der Waals surface area contributed by atoms with Gasteiger partial charge in [0.15, 0.2) is 0 Å². The molecule has 1 heterocycles. The second-order valence-electron chi connectivity index (χ2n) is 5.09. The number of urea groups is 1. The van der Waals surface area contributed by atoms with Crippen LogP contribution in [0.15, 0.2) is 41.8 Å². The summed E-state index contributed by atoms with van der Waals surface area (Å²) in [6, 6.07) is 11.2. The number of amides is 2. The van der Waals surface area contributed by atoms with E-state index >= 15 is 0 Å². The molecule has 0 unspecified atom stereocenters. The zero-order chi connectivity index (χ0) is 15.1. The smallest absolute Gasteiger partial charge is 0.319 e. The quantitative estimate of drug-likeness (QED) is 0.844. The molecule has 5 heteroatoms. The minimum Gasteiger partial charge on any atom is -0.491 e. The molecule has 0 aliphatic carbocycles. The van der Waals surface area contributed by atoms with Gasteiger partial charge in [-0.2, -0.15) is 0 Å². The molecule has 0 spiro atoms. The molecule has 0 aliphatic rings. The molecule has 0 radical (unpaired) electrons. The Hall–Kier alpha value is -2.01. The van der Waals surface area contributed by atoms with Gasteiger partial charge < -0.3 is 15.4 Å². The van der Waals surface area contributed by atoms with Crippen LogP contribution < -0.4 is 15.4 Å². The summed E-state index contributed by atoms with van der Waals surface area (Å²) in [6.07, 6.45) is 0. The minimum atomic E-state index is -0.232.